The summed E-state index contributed by atoms with van der Waals surface area (Å²) in [6.45, 7) is 29.9. The third kappa shape index (κ3) is 3.69. The smallest absolute Gasteiger partial charge is 0.0491 e. The molecule has 1 aromatic rings. The second-order valence-electron chi connectivity index (χ2n) is 9.38. The van der Waals surface area contributed by atoms with Gasteiger partial charge in [0.15, 0.2) is 0 Å². The van der Waals surface area contributed by atoms with Crippen LogP contribution in [-0.4, -0.2) is 11.4 Å². The van der Waals surface area contributed by atoms with Crippen LogP contribution in [-0.2, 0) is 0 Å². The summed E-state index contributed by atoms with van der Waals surface area (Å²) in [5.41, 5.74) is 14.1. The zero-order valence-electron chi connectivity index (χ0n) is 20.7. The zero-order valence-corrected chi connectivity index (χ0v) is 20.7. The van der Waals surface area contributed by atoms with Gasteiger partial charge in [0.2, 0.25) is 0 Å². The number of benzene rings is 1. The van der Waals surface area contributed by atoms with Gasteiger partial charge in [-0.1, -0.05) is 76.8 Å². The molecule has 0 spiro atoms. The van der Waals surface area contributed by atoms with E-state index in [1.165, 1.54) is 50.3 Å². The monoisotopic (exact) mass is 413 g/mol. The molecular weight excluding hydrogens is 374 g/mol. The van der Waals surface area contributed by atoms with Crippen molar-refractivity contribution in [2.45, 2.75) is 67.7 Å². The quantitative estimate of drug-likeness (QED) is 0.423. The van der Waals surface area contributed by atoms with E-state index in [1.54, 1.807) is 0 Å². The fourth-order valence-corrected chi connectivity index (χ4v) is 5.21. The van der Waals surface area contributed by atoms with E-state index in [1.807, 2.05) is 0 Å². The summed E-state index contributed by atoms with van der Waals surface area (Å²) in [6, 6.07) is 6.78. The largest absolute Gasteiger partial charge is 0.337 e. The van der Waals surface area contributed by atoms with E-state index in [4.69, 9.17) is 0 Å². The number of aryl methyl sites for hydroxylation is 2. The topological polar surface area (TPSA) is 3.24 Å². The van der Waals surface area contributed by atoms with E-state index in [0.717, 1.165) is 37.1 Å². The van der Waals surface area contributed by atoms with Gasteiger partial charge in [-0.2, -0.15) is 0 Å². The van der Waals surface area contributed by atoms with Crippen LogP contribution >= 0.6 is 0 Å². The summed E-state index contributed by atoms with van der Waals surface area (Å²) in [7, 11) is 0. The lowest BCUT2D eigenvalue weighted by Crippen LogP contribution is -2.28. The van der Waals surface area contributed by atoms with Crippen LogP contribution in [0.2, 0.25) is 0 Å². The first-order chi connectivity index (χ1) is 14.6. The van der Waals surface area contributed by atoms with E-state index in [0.29, 0.717) is 0 Å². The van der Waals surface area contributed by atoms with Crippen LogP contribution in [0.4, 0.5) is 0 Å². The van der Waals surface area contributed by atoms with E-state index >= 15 is 0 Å². The minimum absolute atomic E-state index is 0.0543. The van der Waals surface area contributed by atoms with Crippen molar-refractivity contribution in [3.8, 4) is 0 Å². The Bertz CT molecular complexity index is 1060. The first kappa shape index (κ1) is 23.1. The Morgan fingerprint density at radius 1 is 1.13 bits per heavy atom. The molecule has 3 rings (SSSR count). The number of hydrogen-bond donors (Lipinski definition) is 0. The predicted molar refractivity (Wildman–Crippen MR) is 137 cm³/mol. The van der Waals surface area contributed by atoms with Crippen molar-refractivity contribution in [1.29, 1.82) is 0 Å². The van der Waals surface area contributed by atoms with Crippen LogP contribution in [0.25, 0.3) is 5.57 Å². The van der Waals surface area contributed by atoms with E-state index in [-0.39, 0.29) is 5.41 Å². The minimum atomic E-state index is -0.0543. The fourth-order valence-electron chi connectivity index (χ4n) is 5.21. The number of nitrogens with zero attached hydrogens (tertiary/aromatic N) is 1. The second kappa shape index (κ2) is 8.54. The van der Waals surface area contributed by atoms with Crippen LogP contribution in [0.1, 0.15) is 70.6 Å². The molecule has 0 N–H and O–H groups in total. The summed E-state index contributed by atoms with van der Waals surface area (Å²) < 4.78 is 0. The number of rotatable bonds is 6. The van der Waals surface area contributed by atoms with Gasteiger partial charge in [0.1, 0.15) is 0 Å². The van der Waals surface area contributed by atoms with Crippen molar-refractivity contribution in [1.82, 2.24) is 4.90 Å². The number of fused-ring (bicyclic) bond motifs is 1. The van der Waals surface area contributed by atoms with Crippen LogP contribution in [0.15, 0.2) is 83.3 Å². The Morgan fingerprint density at radius 3 is 2.32 bits per heavy atom. The maximum absolute atomic E-state index is 4.58. The lowest BCUT2D eigenvalue weighted by molar-refractivity contribution is 0.443. The van der Waals surface area contributed by atoms with Gasteiger partial charge in [-0.15, -0.1) is 0 Å². The molecule has 0 unspecified atom stereocenters. The molecule has 1 aromatic carbocycles. The van der Waals surface area contributed by atoms with Crippen LogP contribution in [0.5, 0.6) is 0 Å². The number of allylic oxidation sites excluding steroid dienone is 6. The summed E-state index contributed by atoms with van der Waals surface area (Å²) in [5.74, 6) is 0. The number of hydrogen-bond acceptors (Lipinski definition) is 1. The van der Waals surface area contributed by atoms with Gasteiger partial charge < -0.3 is 4.90 Å². The Hall–Kier alpha value is -2.54. The van der Waals surface area contributed by atoms with Gasteiger partial charge >= 0.3 is 0 Å². The van der Waals surface area contributed by atoms with Gasteiger partial charge in [-0.05, 0) is 85.1 Å². The molecule has 31 heavy (non-hydrogen) atoms. The lowest BCUT2D eigenvalue weighted by Gasteiger charge is -2.38. The zero-order chi connectivity index (χ0) is 23.1. The summed E-state index contributed by atoms with van der Waals surface area (Å²) >= 11 is 0. The maximum Gasteiger partial charge on any atom is 0.0491 e. The molecule has 2 heterocycles. The van der Waals surface area contributed by atoms with E-state index in [2.05, 4.69) is 97.4 Å². The molecule has 1 nitrogen and oxygen atoms in total. The van der Waals surface area contributed by atoms with Crippen LogP contribution in [0.3, 0.4) is 0 Å². The second-order valence-corrected chi connectivity index (χ2v) is 9.38. The summed E-state index contributed by atoms with van der Waals surface area (Å²) in [6.07, 6.45) is 5.37. The van der Waals surface area contributed by atoms with Crippen LogP contribution in [0, 0.1) is 19.3 Å². The highest BCUT2D eigenvalue weighted by atomic mass is 15.2. The molecule has 1 saturated heterocycles. The van der Waals surface area contributed by atoms with Gasteiger partial charge in [0.05, 0.1) is 0 Å². The van der Waals surface area contributed by atoms with Crippen molar-refractivity contribution in [2.24, 2.45) is 5.41 Å². The van der Waals surface area contributed by atoms with Gasteiger partial charge in [0.25, 0.3) is 0 Å². The highest BCUT2D eigenvalue weighted by molar-refractivity contribution is 5.79. The van der Waals surface area contributed by atoms with Gasteiger partial charge in [-0.25, -0.2) is 0 Å². The summed E-state index contributed by atoms with van der Waals surface area (Å²) in [4.78, 5) is 2.38. The molecule has 2 aliphatic rings. The van der Waals surface area contributed by atoms with Crippen molar-refractivity contribution < 1.29 is 0 Å². The predicted octanol–water partition coefficient (Wildman–Crippen LogP) is 8.45. The first-order valence-corrected chi connectivity index (χ1v) is 11.7. The average molecular weight is 414 g/mol. The first-order valence-electron chi connectivity index (χ1n) is 11.7. The average Bonchev–Trinajstić information content (AvgIpc) is 3.06. The van der Waals surface area contributed by atoms with Gasteiger partial charge in [-0.3, -0.25) is 0 Å². The highest BCUT2D eigenvalue weighted by Crippen LogP contribution is 2.50. The van der Waals surface area contributed by atoms with Crippen molar-refractivity contribution in [2.75, 3.05) is 6.54 Å². The maximum atomic E-state index is 4.58. The Morgan fingerprint density at radius 2 is 1.81 bits per heavy atom. The van der Waals surface area contributed by atoms with Crippen molar-refractivity contribution in [3.05, 3.63) is 100.0 Å². The molecule has 1 atom stereocenters. The van der Waals surface area contributed by atoms with E-state index < -0.39 is 0 Å². The Labute approximate surface area is 190 Å². The molecule has 0 saturated carbocycles. The third-order valence-electron chi connectivity index (χ3n) is 7.58. The normalized spacial score (nSPS) is 20.0. The molecule has 0 radical (unpaired) electrons. The summed E-state index contributed by atoms with van der Waals surface area (Å²) in [5, 5.41) is 0. The molecule has 164 valence electrons. The standard InChI is InChI=1S/C30H39N/c1-11-24-23(9)31-18-27(25(12-2)26-15-14-20(6)16-21(26)7)22(8)29(31)17-28(24)30(10,13-3)19(4)5/h14-17H,4,8-9,11-13,18H2,1-3,5-7,10H3/b27-25-/t30-/m0/s1. The third-order valence-corrected chi connectivity index (χ3v) is 7.58. The van der Waals surface area contributed by atoms with Gasteiger partial charge in [0, 0.05) is 23.4 Å². The lowest BCUT2D eigenvalue weighted by atomic mass is 9.70. The molecule has 0 bridgehead atoms. The highest BCUT2D eigenvalue weighted by Gasteiger charge is 2.38. The molecule has 2 aliphatic heterocycles. The fraction of sp³-hybridized carbons (Fsp3) is 0.400. The molecular formula is C30H39N. The van der Waals surface area contributed by atoms with Crippen molar-refractivity contribution in [3.63, 3.8) is 0 Å². The Kier molecular flexibility index (Phi) is 6.37. The molecule has 0 aliphatic carbocycles. The van der Waals surface area contributed by atoms with E-state index in [9.17, 15) is 0 Å². The molecule has 0 amide bonds. The molecule has 0 aromatic heterocycles. The van der Waals surface area contributed by atoms with Crippen molar-refractivity contribution >= 4 is 5.57 Å². The molecule has 1 fully saturated rings. The Balaban J connectivity index is 2.18. The van der Waals surface area contributed by atoms with Crippen LogP contribution < -0.4 is 0 Å². The molecule has 1 heteroatoms. The SMILES string of the molecule is C=C1C2=CC([C@@](C)(CC)C(=C)C)=C(CC)C(=C)N2C/C1=C(\CC)c1ccc(C)cc1C. The minimum Gasteiger partial charge on any atom is -0.337 e.